The van der Waals surface area contributed by atoms with Crippen LogP contribution in [0.15, 0.2) is 24.3 Å². The van der Waals surface area contributed by atoms with Crippen molar-refractivity contribution in [1.29, 1.82) is 0 Å². The number of carbonyl (C=O) groups is 1. The van der Waals surface area contributed by atoms with Crippen LogP contribution in [0, 0.1) is 11.7 Å². The van der Waals surface area contributed by atoms with E-state index >= 15 is 0 Å². The van der Waals surface area contributed by atoms with Gasteiger partial charge >= 0.3 is 0 Å². The fourth-order valence-electron chi connectivity index (χ4n) is 1.67. The molecule has 1 N–H and O–H groups in total. The van der Waals surface area contributed by atoms with Crippen molar-refractivity contribution in [2.45, 2.75) is 0 Å². The number of sulfonamides is 1. The number of hydrogen-bond donors (Lipinski definition) is 1. The molecular formula is C11H13FN2O3S. The van der Waals surface area contributed by atoms with Crippen LogP contribution in [0.4, 0.5) is 10.1 Å². The molecule has 1 amide bonds. The highest BCUT2D eigenvalue weighted by atomic mass is 32.2. The number of carbonyl (C=O) groups excluding carboxylic acids is 1. The monoisotopic (exact) mass is 272 g/mol. The average Bonchev–Trinajstić information content (AvgIpc) is 2.16. The van der Waals surface area contributed by atoms with Crippen LogP contribution in [0.25, 0.3) is 0 Å². The molecule has 1 heterocycles. The molecule has 18 heavy (non-hydrogen) atoms. The molecule has 5 nitrogen and oxygen atoms in total. The van der Waals surface area contributed by atoms with Gasteiger partial charge in [0.2, 0.25) is 15.9 Å². The first-order chi connectivity index (χ1) is 8.38. The van der Waals surface area contributed by atoms with E-state index < -0.39 is 21.8 Å². The largest absolute Gasteiger partial charge is 0.323 e. The maximum absolute atomic E-state index is 13.3. The third kappa shape index (κ3) is 2.68. The molecule has 0 atom stereocenters. The molecule has 98 valence electrons. The van der Waals surface area contributed by atoms with Gasteiger partial charge in [0, 0.05) is 13.1 Å². The second-order valence-electron chi connectivity index (χ2n) is 4.25. The lowest BCUT2D eigenvalue weighted by Crippen LogP contribution is -2.53. The van der Waals surface area contributed by atoms with Crippen molar-refractivity contribution in [3.63, 3.8) is 0 Å². The van der Waals surface area contributed by atoms with Gasteiger partial charge in [0.15, 0.2) is 0 Å². The van der Waals surface area contributed by atoms with Gasteiger partial charge in [-0.15, -0.1) is 0 Å². The minimum atomic E-state index is -3.23. The third-order valence-electron chi connectivity index (χ3n) is 2.82. The molecule has 0 saturated carbocycles. The number of nitrogens with one attached hydrogen (secondary N) is 1. The molecule has 1 aromatic carbocycles. The van der Waals surface area contributed by atoms with Crippen molar-refractivity contribution in [3.05, 3.63) is 30.1 Å². The van der Waals surface area contributed by atoms with E-state index in [1.165, 1.54) is 22.5 Å². The van der Waals surface area contributed by atoms with Crippen molar-refractivity contribution >= 4 is 21.6 Å². The van der Waals surface area contributed by atoms with Crippen LogP contribution in [0.5, 0.6) is 0 Å². The summed E-state index contributed by atoms with van der Waals surface area (Å²) < 4.78 is 36.7. The minimum Gasteiger partial charge on any atom is -0.323 e. The summed E-state index contributed by atoms with van der Waals surface area (Å²) in [5, 5.41) is 2.45. The first kappa shape index (κ1) is 13.0. The molecule has 2 rings (SSSR count). The molecule has 1 aliphatic rings. The fraction of sp³-hybridized carbons (Fsp3) is 0.364. The molecule has 0 bridgehead atoms. The average molecular weight is 272 g/mol. The third-order valence-corrected chi connectivity index (χ3v) is 4.06. The zero-order valence-corrected chi connectivity index (χ0v) is 10.6. The van der Waals surface area contributed by atoms with Gasteiger partial charge in [0.05, 0.1) is 17.9 Å². The van der Waals surface area contributed by atoms with Crippen LogP contribution in [0.1, 0.15) is 0 Å². The highest BCUT2D eigenvalue weighted by Gasteiger charge is 2.37. The number of benzene rings is 1. The molecule has 1 aromatic rings. The Labute approximate surface area is 105 Å². The second kappa shape index (κ2) is 4.66. The number of nitrogens with zero attached hydrogens (tertiary/aromatic N) is 1. The second-order valence-corrected chi connectivity index (χ2v) is 6.23. The predicted octanol–water partition coefficient (Wildman–Crippen LogP) is 0.656. The van der Waals surface area contributed by atoms with Gasteiger partial charge in [0.25, 0.3) is 0 Å². The molecule has 0 radical (unpaired) electrons. The van der Waals surface area contributed by atoms with Gasteiger partial charge in [-0.1, -0.05) is 12.1 Å². The van der Waals surface area contributed by atoms with E-state index in [4.69, 9.17) is 0 Å². The lowest BCUT2D eigenvalue weighted by atomic mass is 10.0. The van der Waals surface area contributed by atoms with Gasteiger partial charge in [-0.2, -0.15) is 0 Å². The van der Waals surface area contributed by atoms with E-state index in [9.17, 15) is 17.6 Å². The van der Waals surface area contributed by atoms with E-state index in [1.54, 1.807) is 6.07 Å². The van der Waals surface area contributed by atoms with Crippen LogP contribution >= 0.6 is 0 Å². The van der Waals surface area contributed by atoms with Gasteiger partial charge in [-0.05, 0) is 12.1 Å². The Morgan fingerprint density at radius 1 is 1.39 bits per heavy atom. The summed E-state index contributed by atoms with van der Waals surface area (Å²) >= 11 is 0. The van der Waals surface area contributed by atoms with E-state index in [-0.39, 0.29) is 24.7 Å². The number of rotatable bonds is 3. The number of anilines is 1. The minimum absolute atomic E-state index is 0.111. The highest BCUT2D eigenvalue weighted by Crippen LogP contribution is 2.21. The van der Waals surface area contributed by atoms with E-state index in [2.05, 4.69) is 5.32 Å². The number of hydrogen-bond acceptors (Lipinski definition) is 3. The maximum atomic E-state index is 13.3. The van der Waals surface area contributed by atoms with Crippen molar-refractivity contribution in [2.24, 2.45) is 5.92 Å². The van der Waals surface area contributed by atoms with Gasteiger partial charge < -0.3 is 5.32 Å². The molecule has 1 aliphatic heterocycles. The normalized spacial score (nSPS) is 17.2. The lowest BCUT2D eigenvalue weighted by molar-refractivity contribution is -0.122. The summed E-state index contributed by atoms with van der Waals surface area (Å²) in [4.78, 5) is 11.7. The number of halogens is 1. The molecule has 1 fully saturated rings. The van der Waals surface area contributed by atoms with E-state index in [1.807, 2.05) is 0 Å². The summed E-state index contributed by atoms with van der Waals surface area (Å²) in [7, 11) is -3.23. The van der Waals surface area contributed by atoms with Crippen LogP contribution in [0.3, 0.4) is 0 Å². The Kier molecular flexibility index (Phi) is 3.36. The van der Waals surface area contributed by atoms with E-state index in [0.717, 1.165) is 6.26 Å². The molecule has 1 saturated heterocycles. The Morgan fingerprint density at radius 3 is 2.56 bits per heavy atom. The van der Waals surface area contributed by atoms with Gasteiger partial charge in [0.1, 0.15) is 5.82 Å². The van der Waals surface area contributed by atoms with E-state index in [0.29, 0.717) is 0 Å². The molecular weight excluding hydrogens is 259 g/mol. The molecule has 0 aliphatic carbocycles. The quantitative estimate of drug-likeness (QED) is 0.879. The fourth-order valence-corrected chi connectivity index (χ4v) is 2.57. The first-order valence-electron chi connectivity index (χ1n) is 5.38. The SMILES string of the molecule is CS(=O)(=O)N1CC(C(=O)Nc2ccccc2F)C1. The highest BCUT2D eigenvalue weighted by molar-refractivity contribution is 7.88. The number of amides is 1. The van der Waals surface area contributed by atoms with Gasteiger partial charge in [-0.25, -0.2) is 17.1 Å². The van der Waals surface area contributed by atoms with Crippen molar-refractivity contribution in [1.82, 2.24) is 4.31 Å². The molecule has 7 heteroatoms. The zero-order valence-electron chi connectivity index (χ0n) is 9.76. The summed E-state index contributed by atoms with van der Waals surface area (Å²) in [6.07, 6.45) is 1.10. The Hall–Kier alpha value is -1.47. The number of para-hydroxylation sites is 1. The summed E-state index contributed by atoms with van der Waals surface area (Å²) in [5.74, 6) is -1.29. The van der Waals surface area contributed by atoms with Crippen LogP contribution in [0.2, 0.25) is 0 Å². The molecule has 0 spiro atoms. The van der Waals surface area contributed by atoms with Crippen molar-refractivity contribution in [3.8, 4) is 0 Å². The first-order valence-corrected chi connectivity index (χ1v) is 7.23. The Bertz CT molecular complexity index is 567. The van der Waals surface area contributed by atoms with Crippen LogP contribution in [-0.4, -0.2) is 38.0 Å². The zero-order chi connectivity index (χ0) is 13.3. The summed E-state index contributed by atoms with van der Waals surface area (Å²) in [6, 6.07) is 5.85. The van der Waals surface area contributed by atoms with Crippen LogP contribution in [-0.2, 0) is 14.8 Å². The maximum Gasteiger partial charge on any atom is 0.230 e. The topological polar surface area (TPSA) is 66.5 Å². The molecule has 0 aromatic heterocycles. The Morgan fingerprint density at radius 2 is 2.00 bits per heavy atom. The van der Waals surface area contributed by atoms with Crippen LogP contribution < -0.4 is 5.32 Å². The summed E-state index contributed by atoms with van der Waals surface area (Å²) in [5.41, 5.74) is 0.111. The lowest BCUT2D eigenvalue weighted by Gasteiger charge is -2.35. The smallest absolute Gasteiger partial charge is 0.230 e. The Balaban J connectivity index is 1.94. The summed E-state index contributed by atoms with van der Waals surface area (Å²) in [6.45, 7) is 0.304. The van der Waals surface area contributed by atoms with Crippen molar-refractivity contribution < 1.29 is 17.6 Å². The standard InChI is InChI=1S/C11H13FN2O3S/c1-18(16,17)14-6-8(7-14)11(15)13-10-5-3-2-4-9(10)12/h2-5,8H,6-7H2,1H3,(H,13,15). The van der Waals surface area contributed by atoms with Crippen molar-refractivity contribution in [2.75, 3.05) is 24.7 Å². The molecule has 0 unspecified atom stereocenters. The van der Waals surface area contributed by atoms with Gasteiger partial charge in [-0.3, -0.25) is 4.79 Å². The predicted molar refractivity (Wildman–Crippen MR) is 64.9 cm³/mol.